The third-order valence-electron chi connectivity index (χ3n) is 2.38. The minimum Gasteiger partial charge on any atom is -0.331 e. The van der Waals surface area contributed by atoms with Crippen molar-refractivity contribution in [2.24, 2.45) is 5.92 Å². The number of aryl methyl sites for hydroxylation is 1. The average Bonchev–Trinajstić information content (AvgIpc) is 2.64. The Hall–Kier alpha value is -1.65. The van der Waals surface area contributed by atoms with E-state index in [0.717, 1.165) is 18.7 Å². The van der Waals surface area contributed by atoms with Gasteiger partial charge in [0.05, 0.1) is 23.1 Å². The second-order valence-electron chi connectivity index (χ2n) is 4.50. The molecule has 17 heavy (non-hydrogen) atoms. The first-order valence-electron chi connectivity index (χ1n) is 5.89. The van der Waals surface area contributed by atoms with E-state index in [-0.39, 0.29) is 16.5 Å². The van der Waals surface area contributed by atoms with Gasteiger partial charge in [-0.05, 0) is 12.3 Å². The van der Waals surface area contributed by atoms with Crippen LogP contribution >= 0.6 is 0 Å². The van der Waals surface area contributed by atoms with Crippen LogP contribution in [-0.2, 0) is 6.54 Å². The lowest BCUT2D eigenvalue weighted by Gasteiger charge is -2.04. The topological polar surface area (TPSA) is 61.0 Å². The molecule has 0 aromatic carbocycles. The SMILES string of the molecule is CCCn1cncc1C=C(CC(C)C)[N+](=O)[O-]. The van der Waals surface area contributed by atoms with Gasteiger partial charge in [-0.2, -0.15) is 0 Å². The van der Waals surface area contributed by atoms with Crippen molar-refractivity contribution in [3.63, 3.8) is 0 Å². The summed E-state index contributed by atoms with van der Waals surface area (Å²) < 4.78 is 1.93. The van der Waals surface area contributed by atoms with Crippen LogP contribution in [0.2, 0.25) is 0 Å². The number of nitrogens with zero attached hydrogens (tertiary/aromatic N) is 3. The fourth-order valence-corrected chi connectivity index (χ4v) is 1.65. The largest absolute Gasteiger partial charge is 0.331 e. The van der Waals surface area contributed by atoms with Gasteiger partial charge in [0.2, 0.25) is 5.70 Å². The van der Waals surface area contributed by atoms with E-state index in [1.165, 1.54) is 0 Å². The van der Waals surface area contributed by atoms with Crippen LogP contribution in [-0.4, -0.2) is 14.5 Å². The van der Waals surface area contributed by atoms with E-state index in [0.29, 0.717) is 6.42 Å². The van der Waals surface area contributed by atoms with Crippen LogP contribution in [0.15, 0.2) is 18.2 Å². The first-order valence-corrected chi connectivity index (χ1v) is 5.89. The Morgan fingerprint density at radius 3 is 2.88 bits per heavy atom. The van der Waals surface area contributed by atoms with Crippen LogP contribution in [0.1, 0.15) is 39.3 Å². The molecular weight excluding hydrogens is 218 g/mol. The number of hydrogen-bond donors (Lipinski definition) is 0. The van der Waals surface area contributed by atoms with E-state index >= 15 is 0 Å². The van der Waals surface area contributed by atoms with Gasteiger partial charge < -0.3 is 4.57 Å². The summed E-state index contributed by atoms with van der Waals surface area (Å²) in [5.41, 5.74) is 1.05. The van der Waals surface area contributed by atoms with Crippen molar-refractivity contribution < 1.29 is 4.92 Å². The highest BCUT2D eigenvalue weighted by atomic mass is 16.6. The molecule has 0 aliphatic heterocycles. The summed E-state index contributed by atoms with van der Waals surface area (Å²) in [5.74, 6) is 0.272. The van der Waals surface area contributed by atoms with Gasteiger partial charge in [0.15, 0.2) is 0 Å². The minimum atomic E-state index is -0.302. The van der Waals surface area contributed by atoms with Crippen molar-refractivity contribution >= 4 is 6.08 Å². The second kappa shape index (κ2) is 6.18. The number of allylic oxidation sites excluding steroid dienone is 1. The summed E-state index contributed by atoms with van der Waals surface area (Å²) in [7, 11) is 0. The number of rotatable bonds is 6. The molecule has 0 saturated carbocycles. The van der Waals surface area contributed by atoms with Gasteiger partial charge in [0, 0.05) is 19.0 Å². The lowest BCUT2D eigenvalue weighted by molar-refractivity contribution is -0.427. The van der Waals surface area contributed by atoms with Gasteiger partial charge in [0.1, 0.15) is 0 Å². The maximum Gasteiger partial charge on any atom is 0.248 e. The maximum atomic E-state index is 10.9. The van der Waals surface area contributed by atoms with Gasteiger partial charge in [-0.15, -0.1) is 0 Å². The van der Waals surface area contributed by atoms with Crippen molar-refractivity contribution in [1.29, 1.82) is 0 Å². The van der Waals surface area contributed by atoms with Crippen LogP contribution in [0.5, 0.6) is 0 Å². The Balaban J connectivity index is 2.95. The minimum absolute atomic E-state index is 0.248. The molecule has 1 rings (SSSR count). The summed E-state index contributed by atoms with van der Waals surface area (Å²) in [4.78, 5) is 14.7. The van der Waals surface area contributed by atoms with Crippen molar-refractivity contribution in [2.45, 2.75) is 40.2 Å². The summed E-state index contributed by atoms with van der Waals surface area (Å²) >= 11 is 0. The zero-order valence-corrected chi connectivity index (χ0v) is 10.6. The Morgan fingerprint density at radius 2 is 2.35 bits per heavy atom. The zero-order chi connectivity index (χ0) is 12.8. The van der Waals surface area contributed by atoms with Crippen LogP contribution in [0.4, 0.5) is 0 Å². The number of nitro groups is 1. The third-order valence-corrected chi connectivity index (χ3v) is 2.38. The molecular formula is C12H19N3O2. The van der Waals surface area contributed by atoms with E-state index in [1.807, 2.05) is 18.4 Å². The van der Waals surface area contributed by atoms with Crippen molar-refractivity contribution in [3.05, 3.63) is 34.0 Å². The molecule has 1 aromatic rings. The zero-order valence-electron chi connectivity index (χ0n) is 10.6. The Kier molecular flexibility index (Phi) is 4.87. The summed E-state index contributed by atoms with van der Waals surface area (Å²) in [6, 6.07) is 0. The standard InChI is InChI=1S/C12H19N3O2/c1-4-5-14-9-13-8-12(14)7-11(15(16)17)6-10(2)3/h7-10H,4-6H2,1-3H3. The summed E-state index contributed by atoms with van der Waals surface area (Å²) in [6.07, 6.45) is 6.46. The lowest BCUT2D eigenvalue weighted by atomic mass is 10.1. The number of aromatic nitrogens is 2. The van der Waals surface area contributed by atoms with E-state index in [1.54, 1.807) is 18.6 Å². The molecule has 94 valence electrons. The maximum absolute atomic E-state index is 10.9. The van der Waals surface area contributed by atoms with Crippen molar-refractivity contribution in [2.75, 3.05) is 0 Å². The normalized spacial score (nSPS) is 12.1. The smallest absolute Gasteiger partial charge is 0.248 e. The highest BCUT2D eigenvalue weighted by molar-refractivity contribution is 5.46. The fourth-order valence-electron chi connectivity index (χ4n) is 1.65. The summed E-state index contributed by atoms with van der Waals surface area (Å²) in [6.45, 7) is 6.84. The highest BCUT2D eigenvalue weighted by Gasteiger charge is 2.14. The molecule has 0 spiro atoms. The average molecular weight is 237 g/mol. The van der Waals surface area contributed by atoms with E-state index in [4.69, 9.17) is 0 Å². The first-order chi connectivity index (χ1) is 8.04. The predicted octanol–water partition coefficient (Wildman–Crippen LogP) is 2.96. The quantitative estimate of drug-likeness (QED) is 0.564. The first kappa shape index (κ1) is 13.4. The van der Waals surface area contributed by atoms with Crippen LogP contribution in [0.3, 0.4) is 0 Å². The number of hydrogen-bond acceptors (Lipinski definition) is 3. The highest BCUT2D eigenvalue weighted by Crippen LogP contribution is 2.15. The van der Waals surface area contributed by atoms with Gasteiger partial charge >= 0.3 is 0 Å². The van der Waals surface area contributed by atoms with Crippen LogP contribution in [0.25, 0.3) is 6.08 Å². The monoisotopic (exact) mass is 237 g/mol. The predicted molar refractivity (Wildman–Crippen MR) is 66.9 cm³/mol. The van der Waals surface area contributed by atoms with Gasteiger partial charge in [-0.25, -0.2) is 4.98 Å². The molecule has 0 saturated heterocycles. The molecule has 5 nitrogen and oxygen atoms in total. The second-order valence-corrected chi connectivity index (χ2v) is 4.50. The lowest BCUT2D eigenvalue weighted by Crippen LogP contribution is -2.04. The molecule has 0 N–H and O–H groups in total. The van der Waals surface area contributed by atoms with Crippen LogP contribution < -0.4 is 0 Å². The molecule has 0 atom stereocenters. The molecule has 0 aliphatic rings. The summed E-state index contributed by atoms with van der Waals surface area (Å²) in [5, 5.41) is 10.9. The number of imidazole rings is 1. The Bertz CT molecular complexity index is 408. The van der Waals surface area contributed by atoms with Crippen molar-refractivity contribution in [1.82, 2.24) is 9.55 Å². The molecule has 0 bridgehead atoms. The molecule has 1 heterocycles. The fraction of sp³-hybridized carbons (Fsp3) is 0.583. The van der Waals surface area contributed by atoms with Crippen molar-refractivity contribution in [3.8, 4) is 0 Å². The third kappa shape index (κ3) is 4.01. The molecule has 0 fully saturated rings. The Morgan fingerprint density at radius 1 is 1.65 bits per heavy atom. The molecule has 0 radical (unpaired) electrons. The molecule has 0 unspecified atom stereocenters. The van der Waals surface area contributed by atoms with E-state index in [9.17, 15) is 10.1 Å². The van der Waals surface area contributed by atoms with Gasteiger partial charge in [-0.3, -0.25) is 10.1 Å². The molecule has 5 heteroatoms. The van der Waals surface area contributed by atoms with Gasteiger partial charge in [-0.1, -0.05) is 20.8 Å². The van der Waals surface area contributed by atoms with E-state index < -0.39 is 0 Å². The van der Waals surface area contributed by atoms with Crippen LogP contribution in [0, 0.1) is 16.0 Å². The Labute approximate surface area is 101 Å². The molecule has 0 aliphatic carbocycles. The molecule has 1 aromatic heterocycles. The van der Waals surface area contributed by atoms with E-state index in [2.05, 4.69) is 11.9 Å². The molecule has 0 amide bonds. The van der Waals surface area contributed by atoms with Gasteiger partial charge in [0.25, 0.3) is 0 Å².